The summed E-state index contributed by atoms with van der Waals surface area (Å²) in [5.41, 5.74) is 5.88. The van der Waals surface area contributed by atoms with Gasteiger partial charge in [0.1, 0.15) is 5.75 Å². The molecule has 3 rings (SSSR count). The first-order chi connectivity index (χ1) is 13.5. The van der Waals surface area contributed by atoms with E-state index in [2.05, 4.69) is 89.8 Å². The van der Waals surface area contributed by atoms with Crippen molar-refractivity contribution in [2.45, 2.75) is 84.6 Å². The Balaban J connectivity index is 2.24. The van der Waals surface area contributed by atoms with Gasteiger partial charge in [0, 0.05) is 5.56 Å². The molecule has 0 saturated carbocycles. The first kappa shape index (κ1) is 21.9. The highest BCUT2D eigenvalue weighted by Gasteiger charge is 2.31. The molecule has 1 fully saturated rings. The Morgan fingerprint density at radius 2 is 1.41 bits per heavy atom. The summed E-state index contributed by atoms with van der Waals surface area (Å²) in [5, 5.41) is 11.5. The molecular weight excluding hydrogens is 354 g/mol. The second-order valence-corrected chi connectivity index (χ2v) is 10.9. The van der Waals surface area contributed by atoms with Crippen molar-refractivity contribution in [1.29, 1.82) is 0 Å². The van der Waals surface area contributed by atoms with Gasteiger partial charge in [-0.1, -0.05) is 83.9 Å². The number of hydrogen-bond donors (Lipinski definition) is 1. The number of hydrogen-bond acceptors (Lipinski definition) is 2. The lowest BCUT2D eigenvalue weighted by Gasteiger charge is -2.37. The molecule has 0 spiro atoms. The van der Waals surface area contributed by atoms with Crippen molar-refractivity contribution >= 4 is 0 Å². The smallest absolute Gasteiger partial charge is 0.124 e. The Morgan fingerprint density at radius 3 is 1.93 bits per heavy atom. The zero-order valence-corrected chi connectivity index (χ0v) is 19.5. The summed E-state index contributed by atoms with van der Waals surface area (Å²) >= 11 is 0. The first-order valence-corrected chi connectivity index (χ1v) is 11.2. The summed E-state index contributed by atoms with van der Waals surface area (Å²) < 4.78 is 0. The van der Waals surface area contributed by atoms with Crippen molar-refractivity contribution in [3.05, 3.63) is 64.2 Å². The van der Waals surface area contributed by atoms with E-state index in [4.69, 9.17) is 0 Å². The normalized spacial score (nSPS) is 17.3. The quantitative estimate of drug-likeness (QED) is 0.615. The molecule has 2 heteroatoms. The van der Waals surface area contributed by atoms with E-state index in [0.29, 0.717) is 5.75 Å². The van der Waals surface area contributed by atoms with Crippen LogP contribution in [0.1, 0.15) is 94.7 Å². The molecule has 2 nitrogen and oxygen atoms in total. The minimum absolute atomic E-state index is 0.0299. The molecule has 1 aliphatic heterocycles. The van der Waals surface area contributed by atoms with E-state index in [0.717, 1.165) is 24.2 Å². The van der Waals surface area contributed by atoms with Gasteiger partial charge in [0.2, 0.25) is 0 Å². The Hall–Kier alpha value is -1.80. The van der Waals surface area contributed by atoms with Gasteiger partial charge in [-0.25, -0.2) is 0 Å². The van der Waals surface area contributed by atoms with Crippen molar-refractivity contribution < 1.29 is 5.11 Å². The molecule has 158 valence electrons. The molecule has 1 aliphatic rings. The number of phenols is 1. The van der Waals surface area contributed by atoms with Gasteiger partial charge >= 0.3 is 0 Å². The van der Waals surface area contributed by atoms with E-state index in [1.54, 1.807) is 0 Å². The Kier molecular flexibility index (Phi) is 6.15. The molecule has 0 bridgehead atoms. The highest BCUT2D eigenvalue weighted by atomic mass is 16.3. The summed E-state index contributed by atoms with van der Waals surface area (Å²) in [5.74, 6) is 0.474. The topological polar surface area (TPSA) is 23.5 Å². The molecule has 0 radical (unpaired) electrons. The van der Waals surface area contributed by atoms with Crippen molar-refractivity contribution in [3.8, 4) is 5.75 Å². The van der Waals surface area contributed by atoms with Crippen molar-refractivity contribution in [2.24, 2.45) is 0 Å². The summed E-state index contributed by atoms with van der Waals surface area (Å²) in [6.45, 7) is 17.7. The van der Waals surface area contributed by atoms with Crippen LogP contribution in [0.25, 0.3) is 0 Å². The molecule has 1 atom stereocenters. The Bertz CT molecular complexity index is 831. The summed E-state index contributed by atoms with van der Waals surface area (Å²) in [7, 11) is 0. The van der Waals surface area contributed by atoms with Crippen molar-refractivity contribution in [3.63, 3.8) is 0 Å². The van der Waals surface area contributed by atoms with Crippen LogP contribution < -0.4 is 0 Å². The SMILES string of the molecule is Cc1ccc(C(c2cc(C(C)(C)C)cc(C(C)(C)C)c2O)N2CCCCC2)cc1. The van der Waals surface area contributed by atoms with Crippen LogP contribution in [0, 0.1) is 6.92 Å². The minimum Gasteiger partial charge on any atom is -0.507 e. The number of likely N-dealkylation sites (tertiary alicyclic amines) is 1. The average Bonchev–Trinajstić information content (AvgIpc) is 2.64. The molecular formula is C27H39NO. The fourth-order valence-electron chi connectivity index (χ4n) is 4.38. The van der Waals surface area contributed by atoms with E-state index in [1.165, 1.54) is 36.0 Å². The number of benzene rings is 2. The van der Waals surface area contributed by atoms with Gasteiger partial charge < -0.3 is 5.11 Å². The van der Waals surface area contributed by atoms with E-state index in [9.17, 15) is 5.11 Å². The number of phenolic OH excluding ortho intramolecular Hbond substituents is 1. The van der Waals surface area contributed by atoms with Crippen LogP contribution in [-0.4, -0.2) is 23.1 Å². The van der Waals surface area contributed by atoms with Crippen LogP contribution in [0.3, 0.4) is 0 Å². The van der Waals surface area contributed by atoms with Crippen LogP contribution in [0.5, 0.6) is 5.75 Å². The Morgan fingerprint density at radius 1 is 0.828 bits per heavy atom. The predicted octanol–water partition coefficient (Wildman–Crippen LogP) is 6.87. The van der Waals surface area contributed by atoms with E-state index in [1.807, 2.05) is 0 Å². The molecule has 0 amide bonds. The lowest BCUT2D eigenvalue weighted by Crippen LogP contribution is -2.35. The molecule has 1 saturated heterocycles. The zero-order valence-electron chi connectivity index (χ0n) is 19.5. The largest absolute Gasteiger partial charge is 0.507 e. The maximum absolute atomic E-state index is 11.5. The fourth-order valence-corrected chi connectivity index (χ4v) is 4.38. The fraction of sp³-hybridized carbons (Fsp3) is 0.556. The van der Waals surface area contributed by atoms with Gasteiger partial charge in [0.05, 0.1) is 6.04 Å². The highest BCUT2D eigenvalue weighted by Crippen LogP contribution is 2.43. The third kappa shape index (κ3) is 4.86. The summed E-state index contributed by atoms with van der Waals surface area (Å²) in [6, 6.07) is 13.5. The number of aryl methyl sites for hydroxylation is 1. The van der Waals surface area contributed by atoms with Crippen molar-refractivity contribution in [1.82, 2.24) is 4.90 Å². The second-order valence-electron chi connectivity index (χ2n) is 10.9. The van der Waals surface area contributed by atoms with E-state index < -0.39 is 0 Å². The third-order valence-corrected chi connectivity index (χ3v) is 6.26. The monoisotopic (exact) mass is 393 g/mol. The van der Waals surface area contributed by atoms with Crippen LogP contribution in [0.15, 0.2) is 36.4 Å². The molecule has 2 aromatic carbocycles. The van der Waals surface area contributed by atoms with Crippen LogP contribution in [0.2, 0.25) is 0 Å². The summed E-state index contributed by atoms with van der Waals surface area (Å²) in [6.07, 6.45) is 3.76. The van der Waals surface area contributed by atoms with E-state index >= 15 is 0 Å². The van der Waals surface area contributed by atoms with Gasteiger partial charge in [-0.3, -0.25) is 4.90 Å². The second kappa shape index (κ2) is 8.14. The number of aromatic hydroxyl groups is 1. The van der Waals surface area contributed by atoms with Gasteiger partial charge in [0.25, 0.3) is 0 Å². The van der Waals surface area contributed by atoms with Crippen molar-refractivity contribution in [2.75, 3.05) is 13.1 Å². The maximum Gasteiger partial charge on any atom is 0.124 e. The molecule has 1 unspecified atom stereocenters. The highest BCUT2D eigenvalue weighted by molar-refractivity contribution is 5.52. The molecule has 0 aliphatic carbocycles. The minimum atomic E-state index is -0.111. The Labute approximate surface area is 178 Å². The lowest BCUT2D eigenvalue weighted by molar-refractivity contribution is 0.184. The number of nitrogens with zero attached hydrogens (tertiary/aromatic N) is 1. The molecule has 2 aromatic rings. The standard InChI is InChI=1S/C27H39NO/c1-19-11-13-20(14-12-19)24(28-15-9-8-10-16-28)22-17-21(26(2,3)4)18-23(25(22)29)27(5,6)7/h11-14,17-18,24,29H,8-10,15-16H2,1-7H3. The summed E-state index contributed by atoms with van der Waals surface area (Å²) in [4.78, 5) is 2.57. The lowest BCUT2D eigenvalue weighted by atomic mass is 9.77. The predicted molar refractivity (Wildman–Crippen MR) is 124 cm³/mol. The van der Waals surface area contributed by atoms with Gasteiger partial charge in [-0.2, -0.15) is 0 Å². The molecule has 1 N–H and O–H groups in total. The van der Waals surface area contributed by atoms with Crippen LogP contribution in [0.4, 0.5) is 0 Å². The van der Waals surface area contributed by atoms with E-state index in [-0.39, 0.29) is 16.9 Å². The van der Waals surface area contributed by atoms with Crippen LogP contribution >= 0.6 is 0 Å². The van der Waals surface area contributed by atoms with Gasteiger partial charge in [-0.05, 0) is 66.4 Å². The maximum atomic E-state index is 11.5. The third-order valence-electron chi connectivity index (χ3n) is 6.26. The molecule has 1 heterocycles. The molecule has 29 heavy (non-hydrogen) atoms. The van der Waals surface area contributed by atoms with Crippen LogP contribution in [-0.2, 0) is 10.8 Å². The number of rotatable bonds is 3. The average molecular weight is 394 g/mol. The first-order valence-electron chi connectivity index (χ1n) is 11.2. The van der Waals surface area contributed by atoms with Gasteiger partial charge in [-0.15, -0.1) is 0 Å². The number of piperidine rings is 1. The van der Waals surface area contributed by atoms with Gasteiger partial charge in [0.15, 0.2) is 0 Å². The molecule has 0 aromatic heterocycles. The zero-order chi connectivity index (χ0) is 21.4.